The maximum Gasteiger partial charge on any atom is 0.239 e. The van der Waals surface area contributed by atoms with Crippen LogP contribution in [0.15, 0.2) is 48.5 Å². The van der Waals surface area contributed by atoms with Crippen molar-refractivity contribution in [2.75, 3.05) is 13.7 Å². The number of carbonyl (C=O) groups excluding carboxylic acids is 2. The van der Waals surface area contributed by atoms with Crippen molar-refractivity contribution in [3.8, 4) is 5.75 Å². The van der Waals surface area contributed by atoms with E-state index in [0.29, 0.717) is 18.1 Å². The van der Waals surface area contributed by atoms with Crippen molar-refractivity contribution in [3.63, 3.8) is 0 Å². The Morgan fingerprint density at radius 1 is 1.04 bits per heavy atom. The molecule has 0 radical (unpaired) electrons. The summed E-state index contributed by atoms with van der Waals surface area (Å²) in [6.45, 7) is 2.22. The summed E-state index contributed by atoms with van der Waals surface area (Å²) < 4.78 is 5.10. The SMILES string of the molecule is COc1ccc(CNC(=O)CN(Cc2ccc(Cl)cc2)C(C)=O)cc1. The third-order valence-electron chi connectivity index (χ3n) is 3.72. The predicted octanol–water partition coefficient (Wildman–Crippen LogP) is 3.01. The van der Waals surface area contributed by atoms with Gasteiger partial charge in [0.25, 0.3) is 0 Å². The van der Waals surface area contributed by atoms with Crippen LogP contribution in [0.2, 0.25) is 5.02 Å². The summed E-state index contributed by atoms with van der Waals surface area (Å²) in [7, 11) is 1.60. The number of hydrogen-bond donors (Lipinski definition) is 1. The summed E-state index contributed by atoms with van der Waals surface area (Å²) in [6, 6.07) is 14.7. The lowest BCUT2D eigenvalue weighted by molar-refractivity contribution is -0.135. The fourth-order valence-electron chi connectivity index (χ4n) is 2.26. The summed E-state index contributed by atoms with van der Waals surface area (Å²) in [5.74, 6) is 0.398. The molecule has 6 heteroatoms. The monoisotopic (exact) mass is 360 g/mol. The van der Waals surface area contributed by atoms with E-state index in [0.717, 1.165) is 16.9 Å². The number of rotatable bonds is 7. The van der Waals surface area contributed by atoms with Crippen molar-refractivity contribution in [3.05, 3.63) is 64.7 Å². The second kappa shape index (κ2) is 9.08. The normalized spacial score (nSPS) is 10.2. The van der Waals surface area contributed by atoms with Gasteiger partial charge in [0, 0.05) is 25.0 Å². The molecule has 5 nitrogen and oxygen atoms in total. The Morgan fingerprint density at radius 3 is 2.20 bits per heavy atom. The van der Waals surface area contributed by atoms with Crippen molar-refractivity contribution in [2.24, 2.45) is 0 Å². The van der Waals surface area contributed by atoms with Gasteiger partial charge in [-0.05, 0) is 35.4 Å². The van der Waals surface area contributed by atoms with Crippen LogP contribution >= 0.6 is 11.6 Å². The van der Waals surface area contributed by atoms with Crippen molar-refractivity contribution < 1.29 is 14.3 Å². The highest BCUT2D eigenvalue weighted by atomic mass is 35.5. The van der Waals surface area contributed by atoms with Gasteiger partial charge in [-0.15, -0.1) is 0 Å². The first-order valence-corrected chi connectivity index (χ1v) is 8.25. The number of amides is 2. The number of ether oxygens (including phenoxy) is 1. The molecule has 2 rings (SSSR count). The molecule has 0 aliphatic carbocycles. The molecule has 0 bridgehead atoms. The third kappa shape index (κ3) is 6.12. The number of halogens is 1. The number of nitrogens with zero attached hydrogens (tertiary/aromatic N) is 1. The Kier molecular flexibility index (Phi) is 6.83. The maximum absolute atomic E-state index is 12.1. The molecule has 2 amide bonds. The third-order valence-corrected chi connectivity index (χ3v) is 3.97. The molecule has 0 saturated carbocycles. The van der Waals surface area contributed by atoms with Gasteiger partial charge in [0.05, 0.1) is 13.7 Å². The van der Waals surface area contributed by atoms with E-state index in [9.17, 15) is 9.59 Å². The van der Waals surface area contributed by atoms with E-state index < -0.39 is 0 Å². The van der Waals surface area contributed by atoms with Crippen LogP contribution in [0.5, 0.6) is 5.75 Å². The van der Waals surface area contributed by atoms with Crippen molar-refractivity contribution in [2.45, 2.75) is 20.0 Å². The van der Waals surface area contributed by atoms with Crippen LogP contribution in [0, 0.1) is 0 Å². The van der Waals surface area contributed by atoms with Gasteiger partial charge in [-0.1, -0.05) is 35.9 Å². The molecule has 1 N–H and O–H groups in total. The lowest BCUT2D eigenvalue weighted by Crippen LogP contribution is -2.39. The molecular weight excluding hydrogens is 340 g/mol. The highest BCUT2D eigenvalue weighted by molar-refractivity contribution is 6.30. The number of nitrogens with one attached hydrogen (secondary N) is 1. The zero-order valence-corrected chi connectivity index (χ0v) is 15.0. The van der Waals surface area contributed by atoms with Crippen molar-refractivity contribution in [1.29, 1.82) is 0 Å². The highest BCUT2D eigenvalue weighted by Gasteiger charge is 2.14. The van der Waals surface area contributed by atoms with Crippen molar-refractivity contribution >= 4 is 23.4 Å². The molecule has 0 spiro atoms. The molecule has 0 aromatic heterocycles. The number of methoxy groups -OCH3 is 1. The quantitative estimate of drug-likeness (QED) is 0.825. The molecule has 0 aliphatic heterocycles. The molecule has 0 atom stereocenters. The van der Waals surface area contributed by atoms with Gasteiger partial charge in [-0.2, -0.15) is 0 Å². The van der Waals surface area contributed by atoms with Gasteiger partial charge in [0.1, 0.15) is 5.75 Å². The van der Waals surface area contributed by atoms with Crippen LogP contribution in [-0.2, 0) is 22.7 Å². The molecule has 2 aromatic rings. The van der Waals surface area contributed by atoms with Gasteiger partial charge in [-0.3, -0.25) is 9.59 Å². The average Bonchev–Trinajstić information content (AvgIpc) is 2.61. The first-order valence-electron chi connectivity index (χ1n) is 7.87. The van der Waals surface area contributed by atoms with Crippen LogP contribution in [0.4, 0.5) is 0 Å². The zero-order valence-electron chi connectivity index (χ0n) is 14.3. The van der Waals surface area contributed by atoms with Crippen LogP contribution in [0.1, 0.15) is 18.1 Å². The molecule has 0 fully saturated rings. The first-order chi connectivity index (χ1) is 12.0. The summed E-state index contributed by atoms with van der Waals surface area (Å²) in [5.41, 5.74) is 1.88. The predicted molar refractivity (Wildman–Crippen MR) is 97.4 cm³/mol. The van der Waals surface area contributed by atoms with Crippen LogP contribution < -0.4 is 10.1 Å². The Morgan fingerprint density at radius 2 is 1.64 bits per heavy atom. The summed E-state index contributed by atoms with van der Waals surface area (Å²) in [5, 5.41) is 3.46. The Hall–Kier alpha value is -2.53. The average molecular weight is 361 g/mol. The zero-order chi connectivity index (χ0) is 18.2. The summed E-state index contributed by atoms with van der Waals surface area (Å²) >= 11 is 5.86. The van der Waals surface area contributed by atoms with Gasteiger partial charge in [0.15, 0.2) is 0 Å². The number of carbonyl (C=O) groups is 2. The van der Waals surface area contributed by atoms with E-state index in [1.54, 1.807) is 19.2 Å². The smallest absolute Gasteiger partial charge is 0.239 e. The molecular formula is C19H21ClN2O3. The molecule has 132 valence electrons. The van der Waals surface area contributed by atoms with Crippen molar-refractivity contribution in [1.82, 2.24) is 10.2 Å². The molecule has 25 heavy (non-hydrogen) atoms. The lowest BCUT2D eigenvalue weighted by atomic mass is 10.2. The second-order valence-electron chi connectivity index (χ2n) is 5.63. The van der Waals surface area contributed by atoms with E-state index in [4.69, 9.17) is 16.3 Å². The minimum atomic E-state index is -0.208. The van der Waals surface area contributed by atoms with Crippen LogP contribution in [-0.4, -0.2) is 30.4 Å². The Balaban J connectivity index is 1.88. The summed E-state index contributed by atoms with van der Waals surface area (Å²) in [4.78, 5) is 25.4. The van der Waals surface area contributed by atoms with E-state index in [1.165, 1.54) is 11.8 Å². The van der Waals surface area contributed by atoms with E-state index in [-0.39, 0.29) is 18.4 Å². The number of benzene rings is 2. The lowest BCUT2D eigenvalue weighted by Gasteiger charge is -2.20. The fraction of sp³-hybridized carbons (Fsp3) is 0.263. The largest absolute Gasteiger partial charge is 0.497 e. The second-order valence-corrected chi connectivity index (χ2v) is 6.06. The minimum Gasteiger partial charge on any atom is -0.497 e. The minimum absolute atomic E-state index is 0.00805. The highest BCUT2D eigenvalue weighted by Crippen LogP contribution is 2.12. The topological polar surface area (TPSA) is 58.6 Å². The molecule has 0 heterocycles. The van der Waals surface area contributed by atoms with Crippen LogP contribution in [0.25, 0.3) is 0 Å². The van der Waals surface area contributed by atoms with E-state index >= 15 is 0 Å². The fourth-order valence-corrected chi connectivity index (χ4v) is 2.39. The van der Waals surface area contributed by atoms with Gasteiger partial charge in [-0.25, -0.2) is 0 Å². The molecule has 0 unspecified atom stereocenters. The molecule has 2 aromatic carbocycles. The molecule has 0 aliphatic rings. The Labute approximate surface area is 152 Å². The van der Waals surface area contributed by atoms with Gasteiger partial charge in [0.2, 0.25) is 11.8 Å². The standard InChI is InChI=1S/C19H21ClN2O3/c1-14(23)22(12-16-3-7-17(20)8-4-16)13-19(24)21-11-15-5-9-18(25-2)10-6-15/h3-10H,11-13H2,1-2H3,(H,21,24). The van der Waals surface area contributed by atoms with Gasteiger partial charge < -0.3 is 15.0 Å². The Bertz CT molecular complexity index is 714. The first kappa shape index (κ1) is 18.8. The van der Waals surface area contributed by atoms with E-state index in [2.05, 4.69) is 5.32 Å². The van der Waals surface area contributed by atoms with Crippen LogP contribution in [0.3, 0.4) is 0 Å². The molecule has 0 saturated heterocycles. The number of hydrogen-bond acceptors (Lipinski definition) is 3. The summed E-state index contributed by atoms with van der Waals surface area (Å²) in [6.07, 6.45) is 0. The maximum atomic E-state index is 12.1. The van der Waals surface area contributed by atoms with E-state index in [1.807, 2.05) is 36.4 Å². The van der Waals surface area contributed by atoms with Gasteiger partial charge >= 0.3 is 0 Å².